The Kier molecular flexibility index (Phi) is 5.41. The SMILES string of the molecule is Cc1ccc(=O)n(CC(=O)N2CCC3(CC2)CC(N(C)c2ccccc2)CO3)n1. The van der Waals surface area contributed by atoms with Crippen molar-refractivity contribution >= 4 is 11.6 Å². The Balaban J connectivity index is 1.34. The molecule has 7 heteroatoms. The van der Waals surface area contributed by atoms with Crippen molar-refractivity contribution in [3.05, 3.63) is 58.5 Å². The number of nitrogens with zero attached hydrogens (tertiary/aromatic N) is 4. The predicted octanol–water partition coefficient (Wildman–Crippen LogP) is 1.84. The highest BCUT2D eigenvalue weighted by atomic mass is 16.5. The molecule has 4 rings (SSSR count). The van der Waals surface area contributed by atoms with E-state index in [4.69, 9.17) is 4.74 Å². The van der Waals surface area contributed by atoms with Crippen molar-refractivity contribution in [2.75, 3.05) is 31.6 Å². The van der Waals surface area contributed by atoms with Gasteiger partial charge in [0, 0.05) is 31.9 Å². The van der Waals surface area contributed by atoms with Gasteiger partial charge in [0.25, 0.3) is 5.56 Å². The zero-order chi connectivity index (χ0) is 20.4. The first-order valence-corrected chi connectivity index (χ1v) is 10.2. The summed E-state index contributed by atoms with van der Waals surface area (Å²) in [6.45, 7) is 3.82. The second-order valence-corrected chi connectivity index (χ2v) is 8.15. The average Bonchev–Trinajstić information content (AvgIpc) is 3.15. The summed E-state index contributed by atoms with van der Waals surface area (Å²) >= 11 is 0. The number of hydrogen-bond acceptors (Lipinski definition) is 5. The minimum Gasteiger partial charge on any atom is -0.373 e. The van der Waals surface area contributed by atoms with Gasteiger partial charge >= 0.3 is 0 Å². The van der Waals surface area contributed by atoms with Crippen LogP contribution in [0.2, 0.25) is 0 Å². The van der Waals surface area contributed by atoms with E-state index in [9.17, 15) is 9.59 Å². The lowest BCUT2D eigenvalue weighted by atomic mass is 9.87. The third-order valence-electron chi connectivity index (χ3n) is 6.21. The fraction of sp³-hybridized carbons (Fsp3) is 0.500. The van der Waals surface area contributed by atoms with Crippen LogP contribution in [0.4, 0.5) is 5.69 Å². The monoisotopic (exact) mass is 396 g/mol. The molecule has 1 spiro atoms. The van der Waals surface area contributed by atoms with Gasteiger partial charge in [-0.05, 0) is 44.4 Å². The molecular weight excluding hydrogens is 368 g/mol. The van der Waals surface area contributed by atoms with Crippen LogP contribution in [0.3, 0.4) is 0 Å². The van der Waals surface area contributed by atoms with Gasteiger partial charge < -0.3 is 14.5 Å². The van der Waals surface area contributed by atoms with E-state index >= 15 is 0 Å². The Morgan fingerprint density at radius 1 is 1.21 bits per heavy atom. The van der Waals surface area contributed by atoms with E-state index in [1.54, 1.807) is 6.07 Å². The Morgan fingerprint density at radius 2 is 1.93 bits per heavy atom. The Morgan fingerprint density at radius 3 is 2.66 bits per heavy atom. The number of likely N-dealkylation sites (tertiary alicyclic amines) is 1. The van der Waals surface area contributed by atoms with Crippen molar-refractivity contribution in [3.63, 3.8) is 0 Å². The zero-order valence-electron chi connectivity index (χ0n) is 17.1. The number of benzene rings is 1. The number of carbonyl (C=O) groups is 1. The molecule has 2 aliphatic rings. The molecule has 7 nitrogen and oxygen atoms in total. The molecular formula is C22H28N4O3. The van der Waals surface area contributed by atoms with Crippen molar-refractivity contribution in [2.45, 2.75) is 44.4 Å². The van der Waals surface area contributed by atoms with Gasteiger partial charge in [-0.2, -0.15) is 5.10 Å². The molecule has 2 aliphatic heterocycles. The number of carbonyl (C=O) groups excluding carboxylic acids is 1. The summed E-state index contributed by atoms with van der Waals surface area (Å²) in [6, 6.07) is 13.8. The summed E-state index contributed by atoms with van der Waals surface area (Å²) < 4.78 is 7.52. The fourth-order valence-electron chi connectivity index (χ4n) is 4.35. The van der Waals surface area contributed by atoms with Gasteiger partial charge in [-0.3, -0.25) is 9.59 Å². The van der Waals surface area contributed by atoms with Gasteiger partial charge in [-0.25, -0.2) is 4.68 Å². The van der Waals surface area contributed by atoms with Gasteiger partial charge in [-0.15, -0.1) is 0 Å². The number of ether oxygens (including phenoxy) is 1. The summed E-state index contributed by atoms with van der Waals surface area (Å²) in [5.41, 5.74) is 1.52. The van der Waals surface area contributed by atoms with Crippen LogP contribution >= 0.6 is 0 Å². The quantitative estimate of drug-likeness (QED) is 0.789. The molecule has 0 N–H and O–H groups in total. The van der Waals surface area contributed by atoms with Crippen molar-refractivity contribution in [1.82, 2.24) is 14.7 Å². The maximum atomic E-state index is 12.7. The molecule has 2 fully saturated rings. The molecule has 3 heterocycles. The molecule has 1 atom stereocenters. The first-order chi connectivity index (χ1) is 14.0. The van der Waals surface area contributed by atoms with Crippen LogP contribution < -0.4 is 10.5 Å². The largest absolute Gasteiger partial charge is 0.373 e. The van der Waals surface area contributed by atoms with E-state index in [0.29, 0.717) is 25.7 Å². The van der Waals surface area contributed by atoms with E-state index in [1.807, 2.05) is 17.9 Å². The van der Waals surface area contributed by atoms with Gasteiger partial charge in [0.2, 0.25) is 5.91 Å². The van der Waals surface area contributed by atoms with Crippen LogP contribution in [-0.2, 0) is 16.1 Å². The smallest absolute Gasteiger partial charge is 0.267 e. The van der Waals surface area contributed by atoms with E-state index in [2.05, 4.69) is 41.3 Å². The second kappa shape index (κ2) is 7.99. The number of anilines is 1. The summed E-state index contributed by atoms with van der Waals surface area (Å²) in [6.07, 6.45) is 2.63. The summed E-state index contributed by atoms with van der Waals surface area (Å²) in [5, 5.41) is 4.16. The third-order valence-corrected chi connectivity index (χ3v) is 6.21. The van der Waals surface area contributed by atoms with Crippen molar-refractivity contribution in [3.8, 4) is 0 Å². The van der Waals surface area contributed by atoms with Crippen LogP contribution in [-0.4, -0.2) is 59.0 Å². The minimum atomic E-state index is -0.247. The summed E-state index contributed by atoms with van der Waals surface area (Å²) in [4.78, 5) is 28.7. The fourth-order valence-corrected chi connectivity index (χ4v) is 4.35. The average molecular weight is 396 g/mol. The number of aryl methyl sites for hydroxylation is 1. The van der Waals surface area contributed by atoms with E-state index in [0.717, 1.165) is 25.0 Å². The van der Waals surface area contributed by atoms with E-state index in [-0.39, 0.29) is 23.6 Å². The standard InChI is InChI=1S/C22H28N4O3/c1-17-8-9-20(27)26(23-17)15-21(28)25-12-10-22(11-13-25)14-19(16-29-22)24(2)18-6-4-3-5-7-18/h3-9,19H,10-16H2,1-2H3. The molecule has 0 radical (unpaired) electrons. The van der Waals surface area contributed by atoms with Crippen molar-refractivity contribution in [2.24, 2.45) is 0 Å². The molecule has 154 valence electrons. The molecule has 1 aromatic heterocycles. The van der Waals surface area contributed by atoms with E-state index in [1.165, 1.54) is 16.4 Å². The van der Waals surface area contributed by atoms with Gasteiger partial charge in [0.1, 0.15) is 6.54 Å². The number of para-hydroxylation sites is 1. The first kappa shape index (κ1) is 19.6. The number of rotatable bonds is 4. The van der Waals surface area contributed by atoms with Crippen LogP contribution in [0.25, 0.3) is 0 Å². The minimum absolute atomic E-state index is 0.00621. The number of piperidine rings is 1. The zero-order valence-corrected chi connectivity index (χ0v) is 17.1. The van der Waals surface area contributed by atoms with Crippen molar-refractivity contribution in [1.29, 1.82) is 0 Å². The number of amides is 1. The molecule has 0 bridgehead atoms. The highest BCUT2D eigenvalue weighted by Crippen LogP contribution is 2.38. The van der Waals surface area contributed by atoms with Crippen LogP contribution in [0.5, 0.6) is 0 Å². The van der Waals surface area contributed by atoms with Gasteiger partial charge in [0.15, 0.2) is 0 Å². The highest BCUT2D eigenvalue weighted by molar-refractivity contribution is 5.76. The highest BCUT2D eigenvalue weighted by Gasteiger charge is 2.44. The molecule has 0 aliphatic carbocycles. The lowest BCUT2D eigenvalue weighted by Gasteiger charge is -2.39. The molecule has 1 amide bonds. The number of likely N-dealkylation sites (N-methyl/N-ethyl adjacent to an activating group) is 1. The normalized spacial score (nSPS) is 20.8. The molecule has 2 aromatic rings. The first-order valence-electron chi connectivity index (χ1n) is 10.2. The Hall–Kier alpha value is -2.67. The number of hydrogen-bond donors (Lipinski definition) is 0. The molecule has 0 saturated carbocycles. The maximum absolute atomic E-state index is 12.7. The molecule has 2 saturated heterocycles. The van der Waals surface area contributed by atoms with Crippen LogP contribution in [0, 0.1) is 6.92 Å². The van der Waals surface area contributed by atoms with Crippen LogP contribution in [0.15, 0.2) is 47.3 Å². The van der Waals surface area contributed by atoms with E-state index < -0.39 is 0 Å². The van der Waals surface area contributed by atoms with Crippen LogP contribution in [0.1, 0.15) is 25.0 Å². The summed E-state index contributed by atoms with van der Waals surface area (Å²) in [7, 11) is 2.12. The second-order valence-electron chi connectivity index (χ2n) is 8.15. The van der Waals surface area contributed by atoms with Crippen molar-refractivity contribution < 1.29 is 9.53 Å². The lowest BCUT2D eigenvalue weighted by Crippen LogP contribution is -2.48. The molecule has 1 unspecified atom stereocenters. The predicted molar refractivity (Wildman–Crippen MR) is 111 cm³/mol. The third kappa shape index (κ3) is 4.19. The lowest BCUT2D eigenvalue weighted by molar-refractivity contribution is -0.136. The van der Waals surface area contributed by atoms with Gasteiger partial charge in [0.05, 0.1) is 23.9 Å². The maximum Gasteiger partial charge on any atom is 0.267 e. The molecule has 29 heavy (non-hydrogen) atoms. The topological polar surface area (TPSA) is 67.7 Å². The van der Waals surface area contributed by atoms with Gasteiger partial charge in [-0.1, -0.05) is 18.2 Å². The summed E-state index contributed by atoms with van der Waals surface area (Å²) in [5.74, 6) is -0.0593. The Labute approximate surface area is 170 Å². The number of aromatic nitrogens is 2. The molecule has 1 aromatic carbocycles. The Bertz CT molecular complexity index is 919.